The Labute approximate surface area is 188 Å². The van der Waals surface area contributed by atoms with Gasteiger partial charge in [-0.3, -0.25) is 0 Å². The monoisotopic (exact) mass is 457 g/mol. The normalized spacial score (nSPS) is 14.3. The fourth-order valence-electron chi connectivity index (χ4n) is 4.16. The molecule has 5 nitrogen and oxygen atoms in total. The Balaban J connectivity index is 1.30. The van der Waals surface area contributed by atoms with E-state index in [0.717, 1.165) is 22.3 Å². The fraction of sp³-hybridized carbons (Fsp3) is 0.240. The summed E-state index contributed by atoms with van der Waals surface area (Å²) in [5, 5.41) is 22.5. The first-order valence-electron chi connectivity index (χ1n) is 10.5. The van der Waals surface area contributed by atoms with E-state index in [-0.39, 0.29) is 25.5 Å². The number of hydrogen-bond donors (Lipinski definition) is 3. The second kappa shape index (κ2) is 9.64. The lowest BCUT2D eigenvalue weighted by Crippen LogP contribution is -2.31. The van der Waals surface area contributed by atoms with E-state index >= 15 is 0 Å². The quantitative estimate of drug-likeness (QED) is 0.491. The van der Waals surface area contributed by atoms with E-state index in [1.807, 2.05) is 48.5 Å². The molecule has 33 heavy (non-hydrogen) atoms. The van der Waals surface area contributed by atoms with Crippen LogP contribution in [0.2, 0.25) is 0 Å². The molecule has 3 aromatic rings. The summed E-state index contributed by atoms with van der Waals surface area (Å²) >= 11 is 0. The first-order chi connectivity index (χ1) is 15.9. The van der Waals surface area contributed by atoms with Crippen LogP contribution in [-0.4, -0.2) is 35.6 Å². The highest BCUT2D eigenvalue weighted by molar-refractivity contribution is 5.79. The predicted octanol–water partition coefficient (Wildman–Crippen LogP) is 4.43. The molecule has 3 N–H and O–H groups in total. The number of aliphatic hydroxyl groups excluding tert-OH is 2. The van der Waals surface area contributed by atoms with Gasteiger partial charge in [0.2, 0.25) is 0 Å². The van der Waals surface area contributed by atoms with Crippen LogP contribution in [0.15, 0.2) is 60.7 Å². The standard InChI is InChI=1S/C25H22F3NO4/c26-14-11-20(27)23(21(28)12-14)24(31)22(30)9-10-29-25(32)33-13-19-17-7-3-1-5-15(17)16-6-2-4-8-18(16)19/h1-8,11-12,19,22,24,30-31H,9-10,13H2,(H,29,32). The van der Waals surface area contributed by atoms with E-state index in [9.17, 15) is 28.2 Å². The highest BCUT2D eigenvalue weighted by Gasteiger charge is 2.29. The van der Waals surface area contributed by atoms with Gasteiger partial charge < -0.3 is 20.3 Å². The molecule has 0 heterocycles. The van der Waals surface area contributed by atoms with Gasteiger partial charge in [0.1, 0.15) is 30.2 Å². The zero-order valence-electron chi connectivity index (χ0n) is 17.5. The average molecular weight is 457 g/mol. The zero-order valence-corrected chi connectivity index (χ0v) is 17.5. The molecule has 8 heteroatoms. The molecular weight excluding hydrogens is 435 g/mol. The van der Waals surface area contributed by atoms with Crippen molar-refractivity contribution in [2.45, 2.75) is 24.5 Å². The number of carbonyl (C=O) groups is 1. The van der Waals surface area contributed by atoms with Crippen molar-refractivity contribution in [1.82, 2.24) is 5.32 Å². The number of alkyl carbamates (subject to hydrolysis) is 1. The second-order valence-electron chi connectivity index (χ2n) is 7.84. The summed E-state index contributed by atoms with van der Waals surface area (Å²) < 4.78 is 46.0. The van der Waals surface area contributed by atoms with Crippen LogP contribution in [0.25, 0.3) is 11.1 Å². The molecule has 0 saturated heterocycles. The Morgan fingerprint density at radius 3 is 2.06 bits per heavy atom. The molecule has 4 rings (SSSR count). The Morgan fingerprint density at radius 2 is 1.48 bits per heavy atom. The van der Waals surface area contributed by atoms with Crippen LogP contribution >= 0.6 is 0 Å². The van der Waals surface area contributed by atoms with Gasteiger partial charge in [-0.1, -0.05) is 48.5 Å². The van der Waals surface area contributed by atoms with E-state index in [1.54, 1.807) is 0 Å². The first-order valence-corrected chi connectivity index (χ1v) is 10.5. The lowest BCUT2D eigenvalue weighted by atomic mass is 9.98. The van der Waals surface area contributed by atoms with Gasteiger partial charge in [-0.05, 0) is 28.7 Å². The van der Waals surface area contributed by atoms with Gasteiger partial charge in [0.15, 0.2) is 0 Å². The van der Waals surface area contributed by atoms with Crippen molar-refractivity contribution in [3.05, 3.63) is 94.8 Å². The van der Waals surface area contributed by atoms with Crippen molar-refractivity contribution in [1.29, 1.82) is 0 Å². The molecule has 0 bridgehead atoms. The molecule has 0 radical (unpaired) electrons. The first kappa shape index (κ1) is 22.8. The number of fused-ring (bicyclic) bond motifs is 3. The summed E-state index contributed by atoms with van der Waals surface area (Å²) in [7, 11) is 0. The summed E-state index contributed by atoms with van der Waals surface area (Å²) in [5.41, 5.74) is 3.49. The minimum atomic E-state index is -1.92. The molecule has 0 spiro atoms. The highest BCUT2D eigenvalue weighted by Crippen LogP contribution is 2.44. The number of ether oxygens (including phenoxy) is 1. The van der Waals surface area contributed by atoms with Crippen molar-refractivity contribution in [3.63, 3.8) is 0 Å². The molecule has 2 unspecified atom stereocenters. The molecule has 1 amide bonds. The van der Waals surface area contributed by atoms with Gasteiger partial charge in [0, 0.05) is 24.6 Å². The van der Waals surface area contributed by atoms with Crippen molar-refractivity contribution in [2.75, 3.05) is 13.2 Å². The number of carbonyl (C=O) groups excluding carboxylic acids is 1. The topological polar surface area (TPSA) is 78.8 Å². The van der Waals surface area contributed by atoms with Gasteiger partial charge in [0.05, 0.1) is 11.7 Å². The van der Waals surface area contributed by atoms with Crippen LogP contribution < -0.4 is 5.32 Å². The Morgan fingerprint density at radius 1 is 0.939 bits per heavy atom. The molecule has 172 valence electrons. The summed E-state index contributed by atoms with van der Waals surface area (Å²) in [6, 6.07) is 16.6. The number of nitrogens with one attached hydrogen (secondary N) is 1. The van der Waals surface area contributed by atoms with Crippen LogP contribution in [0.1, 0.15) is 35.1 Å². The van der Waals surface area contributed by atoms with Crippen molar-refractivity contribution < 1.29 is 32.9 Å². The van der Waals surface area contributed by atoms with Crippen LogP contribution in [0.3, 0.4) is 0 Å². The lowest BCUT2D eigenvalue weighted by molar-refractivity contribution is 0.00938. The number of rotatable bonds is 7. The number of aliphatic hydroxyl groups is 2. The van der Waals surface area contributed by atoms with Gasteiger partial charge in [-0.25, -0.2) is 18.0 Å². The van der Waals surface area contributed by atoms with Crippen molar-refractivity contribution in [2.24, 2.45) is 0 Å². The van der Waals surface area contributed by atoms with Crippen molar-refractivity contribution in [3.8, 4) is 11.1 Å². The maximum atomic E-state index is 13.8. The maximum Gasteiger partial charge on any atom is 0.407 e. The third-order valence-electron chi connectivity index (χ3n) is 5.76. The highest BCUT2D eigenvalue weighted by atomic mass is 19.1. The molecule has 1 aliphatic rings. The Hall–Kier alpha value is -3.36. The average Bonchev–Trinajstić information content (AvgIpc) is 3.10. The third-order valence-corrected chi connectivity index (χ3v) is 5.76. The number of hydrogen-bond acceptors (Lipinski definition) is 4. The van der Waals surface area contributed by atoms with Crippen LogP contribution in [0.4, 0.5) is 18.0 Å². The molecule has 3 aromatic carbocycles. The third kappa shape index (κ3) is 4.72. The molecule has 0 aromatic heterocycles. The van der Waals surface area contributed by atoms with Crippen LogP contribution in [0, 0.1) is 17.5 Å². The fourth-order valence-corrected chi connectivity index (χ4v) is 4.16. The molecule has 0 aliphatic heterocycles. The minimum absolute atomic E-state index is 0.108. The SMILES string of the molecule is O=C(NCCC(O)C(O)c1c(F)cc(F)cc1F)OCC1c2ccccc2-c2ccccc21. The molecule has 0 fully saturated rings. The van der Waals surface area contributed by atoms with E-state index in [1.165, 1.54) is 0 Å². The summed E-state index contributed by atoms with van der Waals surface area (Å²) in [6.45, 7) is -0.00360. The van der Waals surface area contributed by atoms with Crippen LogP contribution in [0.5, 0.6) is 0 Å². The summed E-state index contributed by atoms with van der Waals surface area (Å²) in [4.78, 5) is 12.2. The van der Waals surface area contributed by atoms with E-state index in [0.29, 0.717) is 12.1 Å². The predicted molar refractivity (Wildman–Crippen MR) is 115 cm³/mol. The summed E-state index contributed by atoms with van der Waals surface area (Å²) in [5.74, 6) is -3.85. The van der Waals surface area contributed by atoms with E-state index in [2.05, 4.69) is 5.32 Å². The number of halogens is 3. The lowest BCUT2D eigenvalue weighted by Gasteiger charge is -2.19. The second-order valence-corrected chi connectivity index (χ2v) is 7.84. The van der Waals surface area contributed by atoms with Gasteiger partial charge in [-0.2, -0.15) is 0 Å². The van der Waals surface area contributed by atoms with Gasteiger partial charge in [0.25, 0.3) is 0 Å². The van der Waals surface area contributed by atoms with Gasteiger partial charge in [-0.15, -0.1) is 0 Å². The smallest absolute Gasteiger partial charge is 0.407 e. The molecule has 0 saturated carbocycles. The van der Waals surface area contributed by atoms with E-state index < -0.39 is 41.3 Å². The molecular formula is C25H22F3NO4. The van der Waals surface area contributed by atoms with Crippen LogP contribution in [-0.2, 0) is 4.74 Å². The Bertz CT molecular complexity index is 1100. The van der Waals surface area contributed by atoms with Crippen molar-refractivity contribution >= 4 is 6.09 Å². The zero-order chi connectivity index (χ0) is 23.5. The summed E-state index contributed by atoms with van der Waals surface area (Å²) in [6.07, 6.45) is -4.44. The molecule has 2 atom stereocenters. The number of amides is 1. The van der Waals surface area contributed by atoms with Gasteiger partial charge >= 0.3 is 6.09 Å². The largest absolute Gasteiger partial charge is 0.449 e. The van der Waals surface area contributed by atoms with E-state index in [4.69, 9.17) is 4.74 Å². The Kier molecular flexibility index (Phi) is 6.67. The molecule has 1 aliphatic carbocycles. The maximum absolute atomic E-state index is 13.8. The number of benzene rings is 3. The minimum Gasteiger partial charge on any atom is -0.449 e.